The predicted octanol–water partition coefficient (Wildman–Crippen LogP) is 1.62. The highest BCUT2D eigenvalue weighted by Crippen LogP contribution is 2.26. The topological polar surface area (TPSA) is 92.0 Å². The normalized spacial score (nSPS) is 19.5. The Kier molecular flexibility index (Phi) is 7.54. The fourth-order valence-electron chi connectivity index (χ4n) is 4.15. The largest absolute Gasteiger partial charge is 0.484 e. The number of aliphatic imine (C=N–C) groups is 1. The molecule has 7 heteroatoms. The summed E-state index contributed by atoms with van der Waals surface area (Å²) >= 11 is 0. The fraction of sp³-hybridized carbons (Fsp3) is 0.619. The van der Waals surface area contributed by atoms with Crippen molar-refractivity contribution >= 4 is 11.9 Å². The van der Waals surface area contributed by atoms with Gasteiger partial charge < -0.3 is 26.0 Å². The molecule has 1 aliphatic carbocycles. The van der Waals surface area contributed by atoms with E-state index in [1.54, 1.807) is 7.05 Å². The number of piperidine rings is 1. The molecule has 4 N–H and O–H groups in total. The standard InChI is InChI=1S/C21H33N5O2/c1-23-21(24-14-16-5-4-8-19(13-16)28-15-20(22)27)25-17-9-11-26(12-10-17)18-6-2-3-7-18/h4-5,8,13,17-18H,2-3,6-7,9-12,14-15H2,1H3,(H2,22,27)(H2,23,24,25). The first kappa shape index (κ1) is 20.5. The molecule has 28 heavy (non-hydrogen) atoms. The van der Waals surface area contributed by atoms with Crippen LogP contribution in [0, 0.1) is 0 Å². The molecule has 0 atom stereocenters. The van der Waals surface area contributed by atoms with Crippen LogP contribution in [0.3, 0.4) is 0 Å². The fourth-order valence-corrected chi connectivity index (χ4v) is 4.15. The Morgan fingerprint density at radius 2 is 2.00 bits per heavy atom. The summed E-state index contributed by atoms with van der Waals surface area (Å²) in [5.74, 6) is 0.982. The lowest BCUT2D eigenvalue weighted by Gasteiger charge is -2.36. The van der Waals surface area contributed by atoms with Crippen LogP contribution < -0.4 is 21.1 Å². The highest BCUT2D eigenvalue weighted by Gasteiger charge is 2.27. The molecule has 154 valence electrons. The molecule has 0 aromatic heterocycles. The zero-order valence-corrected chi connectivity index (χ0v) is 16.8. The maximum atomic E-state index is 10.9. The van der Waals surface area contributed by atoms with Crippen LogP contribution in [0.15, 0.2) is 29.3 Å². The lowest BCUT2D eigenvalue weighted by Crippen LogP contribution is -2.50. The Morgan fingerprint density at radius 3 is 2.68 bits per heavy atom. The Labute approximate surface area is 167 Å². The Hall–Kier alpha value is -2.28. The average Bonchev–Trinajstić information content (AvgIpc) is 3.25. The highest BCUT2D eigenvalue weighted by atomic mass is 16.5. The van der Waals surface area contributed by atoms with Gasteiger partial charge in [0, 0.05) is 38.8 Å². The summed E-state index contributed by atoms with van der Waals surface area (Å²) in [6.07, 6.45) is 7.87. The number of primary amides is 1. The van der Waals surface area contributed by atoms with Crippen LogP contribution >= 0.6 is 0 Å². The lowest BCUT2D eigenvalue weighted by atomic mass is 10.0. The van der Waals surface area contributed by atoms with E-state index >= 15 is 0 Å². The van der Waals surface area contributed by atoms with Crippen LogP contribution in [0.25, 0.3) is 0 Å². The molecule has 1 aromatic rings. The van der Waals surface area contributed by atoms with Crippen molar-refractivity contribution in [3.8, 4) is 5.75 Å². The molecular weight excluding hydrogens is 354 g/mol. The smallest absolute Gasteiger partial charge is 0.255 e. The van der Waals surface area contributed by atoms with Gasteiger partial charge in [0.05, 0.1) is 0 Å². The Bertz CT molecular complexity index is 665. The van der Waals surface area contributed by atoms with E-state index in [1.807, 2.05) is 24.3 Å². The molecule has 7 nitrogen and oxygen atoms in total. The summed E-state index contributed by atoms with van der Waals surface area (Å²) in [6, 6.07) is 8.93. The number of nitrogens with two attached hydrogens (primary N) is 1. The summed E-state index contributed by atoms with van der Waals surface area (Å²) in [5, 5.41) is 6.93. The number of benzene rings is 1. The van der Waals surface area contributed by atoms with Gasteiger partial charge in [0.2, 0.25) is 0 Å². The van der Waals surface area contributed by atoms with Crippen LogP contribution in [0.4, 0.5) is 0 Å². The van der Waals surface area contributed by atoms with Gasteiger partial charge in [-0.2, -0.15) is 0 Å². The van der Waals surface area contributed by atoms with Crippen LogP contribution in [0.1, 0.15) is 44.1 Å². The van der Waals surface area contributed by atoms with Gasteiger partial charge in [-0.1, -0.05) is 25.0 Å². The number of rotatable bonds is 7. The summed E-state index contributed by atoms with van der Waals surface area (Å²) < 4.78 is 5.36. The molecule has 1 aliphatic heterocycles. The van der Waals surface area contributed by atoms with E-state index in [0.29, 0.717) is 18.3 Å². The quantitative estimate of drug-likeness (QED) is 0.488. The van der Waals surface area contributed by atoms with E-state index in [2.05, 4.69) is 20.5 Å². The van der Waals surface area contributed by atoms with E-state index in [-0.39, 0.29) is 6.61 Å². The lowest BCUT2D eigenvalue weighted by molar-refractivity contribution is -0.119. The average molecular weight is 388 g/mol. The minimum Gasteiger partial charge on any atom is -0.484 e. The number of amides is 1. The minimum atomic E-state index is -0.480. The maximum absolute atomic E-state index is 10.9. The number of nitrogens with zero attached hydrogens (tertiary/aromatic N) is 2. The van der Waals surface area contributed by atoms with Crippen molar-refractivity contribution in [1.29, 1.82) is 0 Å². The van der Waals surface area contributed by atoms with E-state index in [9.17, 15) is 4.79 Å². The molecule has 0 radical (unpaired) electrons. The maximum Gasteiger partial charge on any atom is 0.255 e. The summed E-state index contributed by atoms with van der Waals surface area (Å²) in [4.78, 5) is 17.9. The van der Waals surface area contributed by atoms with Crippen molar-refractivity contribution in [2.45, 2.75) is 57.2 Å². The number of carbonyl (C=O) groups is 1. The third-order valence-electron chi connectivity index (χ3n) is 5.67. The zero-order chi connectivity index (χ0) is 19.8. The molecule has 0 unspecified atom stereocenters. The van der Waals surface area contributed by atoms with E-state index in [1.165, 1.54) is 38.8 Å². The van der Waals surface area contributed by atoms with Crippen molar-refractivity contribution in [2.24, 2.45) is 10.7 Å². The SMILES string of the molecule is CN=C(NCc1cccc(OCC(N)=O)c1)NC1CCN(C2CCCC2)CC1. The van der Waals surface area contributed by atoms with Crippen LogP contribution in [0.5, 0.6) is 5.75 Å². The summed E-state index contributed by atoms with van der Waals surface area (Å²) in [7, 11) is 1.80. The molecule has 1 heterocycles. The number of guanidine groups is 1. The third-order valence-corrected chi connectivity index (χ3v) is 5.67. The number of nitrogens with one attached hydrogen (secondary N) is 2. The van der Waals surface area contributed by atoms with Crippen molar-refractivity contribution in [1.82, 2.24) is 15.5 Å². The molecule has 1 amide bonds. The van der Waals surface area contributed by atoms with Gasteiger partial charge in [-0.25, -0.2) is 0 Å². The number of carbonyl (C=O) groups excluding carboxylic acids is 1. The molecule has 3 rings (SSSR count). The van der Waals surface area contributed by atoms with Crippen molar-refractivity contribution in [3.63, 3.8) is 0 Å². The Morgan fingerprint density at radius 1 is 1.25 bits per heavy atom. The van der Waals surface area contributed by atoms with Crippen LogP contribution in [-0.2, 0) is 11.3 Å². The second kappa shape index (κ2) is 10.3. The monoisotopic (exact) mass is 387 g/mol. The van der Waals surface area contributed by atoms with Crippen LogP contribution in [0.2, 0.25) is 0 Å². The first-order valence-electron chi connectivity index (χ1n) is 10.4. The van der Waals surface area contributed by atoms with Crippen LogP contribution in [-0.4, -0.2) is 55.6 Å². The second-order valence-corrected chi connectivity index (χ2v) is 7.72. The van der Waals surface area contributed by atoms with E-state index < -0.39 is 5.91 Å². The first-order chi connectivity index (χ1) is 13.6. The van der Waals surface area contributed by atoms with Crippen molar-refractivity contribution < 1.29 is 9.53 Å². The summed E-state index contributed by atoms with van der Waals surface area (Å²) in [6.45, 7) is 2.88. The first-order valence-corrected chi connectivity index (χ1v) is 10.4. The molecular formula is C21H33N5O2. The molecule has 2 fully saturated rings. The number of ether oxygens (including phenoxy) is 1. The minimum absolute atomic E-state index is 0.111. The highest BCUT2D eigenvalue weighted by molar-refractivity contribution is 5.80. The molecule has 0 bridgehead atoms. The van der Waals surface area contributed by atoms with Crippen molar-refractivity contribution in [3.05, 3.63) is 29.8 Å². The summed E-state index contributed by atoms with van der Waals surface area (Å²) in [5.41, 5.74) is 6.18. The van der Waals surface area contributed by atoms with Crippen molar-refractivity contribution in [2.75, 3.05) is 26.7 Å². The van der Waals surface area contributed by atoms with Gasteiger partial charge in [-0.05, 0) is 43.4 Å². The molecule has 0 spiro atoms. The molecule has 2 aliphatic rings. The van der Waals surface area contributed by atoms with Gasteiger partial charge in [-0.15, -0.1) is 0 Å². The number of hydrogen-bond acceptors (Lipinski definition) is 4. The van der Waals surface area contributed by atoms with Gasteiger partial charge in [0.25, 0.3) is 5.91 Å². The Balaban J connectivity index is 1.42. The predicted molar refractivity (Wildman–Crippen MR) is 111 cm³/mol. The van der Waals surface area contributed by atoms with Gasteiger partial charge in [0.1, 0.15) is 5.75 Å². The molecule has 1 saturated heterocycles. The van der Waals surface area contributed by atoms with E-state index in [4.69, 9.17) is 10.5 Å². The number of hydrogen-bond donors (Lipinski definition) is 3. The van der Waals surface area contributed by atoms with E-state index in [0.717, 1.165) is 30.4 Å². The van der Waals surface area contributed by atoms with Gasteiger partial charge >= 0.3 is 0 Å². The van der Waals surface area contributed by atoms with Gasteiger partial charge in [-0.3, -0.25) is 9.79 Å². The second-order valence-electron chi connectivity index (χ2n) is 7.72. The third kappa shape index (κ3) is 6.12. The molecule has 1 saturated carbocycles. The number of likely N-dealkylation sites (tertiary alicyclic amines) is 1. The van der Waals surface area contributed by atoms with Gasteiger partial charge in [0.15, 0.2) is 12.6 Å². The molecule has 1 aromatic carbocycles. The zero-order valence-electron chi connectivity index (χ0n) is 16.8.